The van der Waals surface area contributed by atoms with Gasteiger partial charge in [0.15, 0.2) is 11.5 Å². The fourth-order valence-electron chi connectivity index (χ4n) is 2.84. The Balaban J connectivity index is 1.88. The Kier molecular flexibility index (Phi) is 2.67. The van der Waals surface area contributed by atoms with E-state index in [9.17, 15) is 4.79 Å². The number of amides is 1. The molecule has 0 aliphatic carbocycles. The van der Waals surface area contributed by atoms with Gasteiger partial charge in [-0.3, -0.25) is 4.79 Å². The van der Waals surface area contributed by atoms with Gasteiger partial charge in [-0.15, -0.1) is 0 Å². The summed E-state index contributed by atoms with van der Waals surface area (Å²) in [5, 5.41) is 0. The summed E-state index contributed by atoms with van der Waals surface area (Å²) in [5.41, 5.74) is 6.38. The van der Waals surface area contributed by atoms with E-state index in [1.807, 2.05) is 18.7 Å². The fraction of sp³-hybridized carbons (Fsp3) is 0.500. The summed E-state index contributed by atoms with van der Waals surface area (Å²) in [4.78, 5) is 14.4. The van der Waals surface area contributed by atoms with E-state index >= 15 is 0 Å². The van der Waals surface area contributed by atoms with Gasteiger partial charge in [0.05, 0.1) is 0 Å². The first-order valence-corrected chi connectivity index (χ1v) is 6.44. The van der Waals surface area contributed by atoms with E-state index < -0.39 is 0 Å². The van der Waals surface area contributed by atoms with Gasteiger partial charge in [0.25, 0.3) is 5.91 Å². The SMILES string of the molecule is CC1(C)CC(N)CN1C(=O)c1ccc2c(c1)OCO2. The number of likely N-dealkylation sites (tertiary alicyclic amines) is 1. The molecule has 1 saturated heterocycles. The Morgan fingerprint density at radius 1 is 1.37 bits per heavy atom. The zero-order valence-corrected chi connectivity index (χ0v) is 11.2. The minimum Gasteiger partial charge on any atom is -0.454 e. The second-order valence-corrected chi connectivity index (χ2v) is 5.76. The largest absolute Gasteiger partial charge is 0.454 e. The smallest absolute Gasteiger partial charge is 0.254 e. The molecule has 0 saturated carbocycles. The van der Waals surface area contributed by atoms with Crippen LogP contribution in [0.15, 0.2) is 18.2 Å². The highest BCUT2D eigenvalue weighted by Crippen LogP contribution is 2.34. The minimum absolute atomic E-state index is 0.00347. The Morgan fingerprint density at radius 2 is 2.11 bits per heavy atom. The van der Waals surface area contributed by atoms with E-state index in [2.05, 4.69) is 0 Å². The maximum atomic E-state index is 12.6. The number of ether oxygens (including phenoxy) is 2. The molecule has 2 heterocycles. The van der Waals surface area contributed by atoms with Gasteiger partial charge in [0.1, 0.15) is 0 Å². The second-order valence-electron chi connectivity index (χ2n) is 5.76. The van der Waals surface area contributed by atoms with Crippen LogP contribution in [0.25, 0.3) is 0 Å². The third-order valence-corrected chi connectivity index (χ3v) is 3.77. The lowest BCUT2D eigenvalue weighted by Crippen LogP contribution is -2.42. The number of carbonyl (C=O) groups is 1. The van der Waals surface area contributed by atoms with Crippen molar-refractivity contribution in [1.29, 1.82) is 0 Å². The maximum Gasteiger partial charge on any atom is 0.254 e. The van der Waals surface area contributed by atoms with Crippen LogP contribution in [0.1, 0.15) is 30.6 Å². The first-order valence-electron chi connectivity index (χ1n) is 6.44. The molecule has 3 rings (SSSR count). The van der Waals surface area contributed by atoms with Gasteiger partial charge in [-0.05, 0) is 38.5 Å². The van der Waals surface area contributed by atoms with Crippen LogP contribution in [-0.2, 0) is 0 Å². The molecule has 1 fully saturated rings. The molecule has 2 aliphatic rings. The van der Waals surface area contributed by atoms with Gasteiger partial charge in [-0.25, -0.2) is 0 Å². The third-order valence-electron chi connectivity index (χ3n) is 3.77. The summed E-state index contributed by atoms with van der Waals surface area (Å²) in [7, 11) is 0. The van der Waals surface area contributed by atoms with E-state index in [0.29, 0.717) is 23.6 Å². The molecular weight excluding hydrogens is 244 g/mol. The van der Waals surface area contributed by atoms with E-state index in [-0.39, 0.29) is 24.3 Å². The van der Waals surface area contributed by atoms with Crippen LogP contribution in [0.5, 0.6) is 11.5 Å². The van der Waals surface area contributed by atoms with E-state index in [0.717, 1.165) is 6.42 Å². The molecule has 0 radical (unpaired) electrons. The van der Waals surface area contributed by atoms with Crippen LogP contribution in [0.2, 0.25) is 0 Å². The van der Waals surface area contributed by atoms with Gasteiger partial charge in [-0.2, -0.15) is 0 Å². The quantitative estimate of drug-likeness (QED) is 0.830. The maximum absolute atomic E-state index is 12.6. The van der Waals surface area contributed by atoms with Gasteiger partial charge in [0, 0.05) is 23.7 Å². The Bertz CT molecular complexity index is 527. The summed E-state index contributed by atoms with van der Waals surface area (Å²) < 4.78 is 10.6. The molecule has 5 nitrogen and oxygen atoms in total. The summed E-state index contributed by atoms with van der Waals surface area (Å²) in [6.45, 7) is 4.91. The van der Waals surface area contributed by atoms with Gasteiger partial charge in [-0.1, -0.05) is 0 Å². The van der Waals surface area contributed by atoms with Crippen LogP contribution >= 0.6 is 0 Å². The molecule has 1 aromatic carbocycles. The molecule has 0 spiro atoms. The standard InChI is InChI=1S/C14H18N2O3/c1-14(2)6-10(15)7-16(14)13(17)9-3-4-11-12(5-9)19-8-18-11/h3-5,10H,6-8,15H2,1-2H3. The first-order chi connectivity index (χ1) is 8.97. The lowest BCUT2D eigenvalue weighted by molar-refractivity contribution is 0.0650. The highest BCUT2D eigenvalue weighted by Gasteiger charge is 2.40. The number of nitrogens with two attached hydrogens (primary N) is 1. The van der Waals surface area contributed by atoms with Crippen LogP contribution in [0.3, 0.4) is 0 Å². The Morgan fingerprint density at radius 3 is 2.79 bits per heavy atom. The van der Waals surface area contributed by atoms with E-state index in [4.69, 9.17) is 15.2 Å². The van der Waals surface area contributed by atoms with Crippen molar-refractivity contribution in [1.82, 2.24) is 4.90 Å². The summed E-state index contributed by atoms with van der Waals surface area (Å²) in [5.74, 6) is 1.32. The van der Waals surface area contributed by atoms with Gasteiger partial charge >= 0.3 is 0 Å². The lowest BCUT2D eigenvalue weighted by Gasteiger charge is -2.31. The first kappa shape index (κ1) is 12.3. The molecule has 5 heteroatoms. The average molecular weight is 262 g/mol. The monoisotopic (exact) mass is 262 g/mol. The van der Waals surface area contributed by atoms with Crippen LogP contribution in [0, 0.1) is 0 Å². The number of carbonyl (C=O) groups excluding carboxylic acids is 1. The molecular formula is C14H18N2O3. The normalized spacial score (nSPS) is 23.7. The average Bonchev–Trinajstić information content (AvgIpc) is 2.90. The number of hydrogen-bond acceptors (Lipinski definition) is 4. The molecule has 19 heavy (non-hydrogen) atoms. The van der Waals surface area contributed by atoms with Crippen molar-refractivity contribution in [3.63, 3.8) is 0 Å². The molecule has 0 aromatic heterocycles. The second kappa shape index (κ2) is 4.13. The van der Waals surface area contributed by atoms with Crippen molar-refractivity contribution in [3.05, 3.63) is 23.8 Å². The number of benzene rings is 1. The van der Waals surface area contributed by atoms with Gasteiger partial charge in [0.2, 0.25) is 6.79 Å². The van der Waals surface area contributed by atoms with Crippen LogP contribution in [-0.4, -0.2) is 35.7 Å². The molecule has 1 amide bonds. The summed E-state index contributed by atoms with van der Waals surface area (Å²) in [6.07, 6.45) is 0.823. The fourth-order valence-corrected chi connectivity index (χ4v) is 2.84. The zero-order chi connectivity index (χ0) is 13.6. The van der Waals surface area contributed by atoms with Crippen molar-refractivity contribution < 1.29 is 14.3 Å². The predicted molar refractivity (Wildman–Crippen MR) is 70.3 cm³/mol. The predicted octanol–water partition coefficient (Wildman–Crippen LogP) is 1.37. The highest BCUT2D eigenvalue weighted by molar-refractivity contribution is 5.95. The molecule has 1 atom stereocenters. The molecule has 1 unspecified atom stereocenters. The molecule has 0 bridgehead atoms. The van der Waals surface area contributed by atoms with Crippen molar-refractivity contribution in [2.45, 2.75) is 31.8 Å². The number of rotatable bonds is 1. The third kappa shape index (κ3) is 2.04. The van der Waals surface area contributed by atoms with E-state index in [1.54, 1.807) is 18.2 Å². The van der Waals surface area contributed by atoms with Crippen LogP contribution in [0.4, 0.5) is 0 Å². The van der Waals surface area contributed by atoms with Crippen molar-refractivity contribution in [2.75, 3.05) is 13.3 Å². The van der Waals surface area contributed by atoms with Crippen molar-refractivity contribution in [3.8, 4) is 11.5 Å². The summed E-state index contributed by atoms with van der Waals surface area (Å²) >= 11 is 0. The molecule has 102 valence electrons. The van der Waals surface area contributed by atoms with Crippen molar-refractivity contribution >= 4 is 5.91 Å². The topological polar surface area (TPSA) is 64.8 Å². The number of hydrogen-bond donors (Lipinski definition) is 1. The number of nitrogens with zero attached hydrogens (tertiary/aromatic N) is 1. The van der Waals surface area contributed by atoms with Crippen molar-refractivity contribution in [2.24, 2.45) is 5.73 Å². The molecule has 2 N–H and O–H groups in total. The zero-order valence-electron chi connectivity index (χ0n) is 11.2. The molecule has 2 aliphatic heterocycles. The Labute approximate surface area is 112 Å². The number of fused-ring (bicyclic) bond motifs is 1. The Hall–Kier alpha value is -1.75. The highest BCUT2D eigenvalue weighted by atomic mass is 16.7. The van der Waals surface area contributed by atoms with E-state index in [1.165, 1.54) is 0 Å². The van der Waals surface area contributed by atoms with Gasteiger partial charge < -0.3 is 20.1 Å². The van der Waals surface area contributed by atoms with Crippen LogP contribution < -0.4 is 15.2 Å². The summed E-state index contributed by atoms with van der Waals surface area (Å²) in [6, 6.07) is 5.34. The lowest BCUT2D eigenvalue weighted by atomic mass is 10.00. The molecule has 1 aromatic rings. The minimum atomic E-state index is -0.202.